The number of hydrogen-bond acceptors (Lipinski definition) is 4. The van der Waals surface area contributed by atoms with Crippen LogP contribution >= 0.6 is 0 Å². The number of H-pyrrole nitrogens is 1. The standard InChI is InChI=1S/C17H13F3N4O3/c1-8-4-2-3-5-9(8)14(25)23-24-13-7-11(21)10(17(18,19)20)6-12(13)22-15(26)16(24)27/h2-7H,21H2,1H3,(H,22,26)(H,23,25). The summed E-state index contributed by atoms with van der Waals surface area (Å²) in [4.78, 5) is 38.5. The Kier molecular flexibility index (Phi) is 4.26. The molecule has 27 heavy (non-hydrogen) atoms. The molecule has 0 aliphatic carbocycles. The van der Waals surface area contributed by atoms with E-state index in [2.05, 4.69) is 10.4 Å². The molecule has 0 fully saturated rings. The summed E-state index contributed by atoms with van der Waals surface area (Å²) in [6.07, 6.45) is -4.75. The number of aryl methyl sites for hydroxylation is 1. The number of benzene rings is 2. The molecule has 4 N–H and O–H groups in total. The number of aromatic amines is 1. The molecule has 10 heteroatoms. The second-order valence-electron chi connectivity index (χ2n) is 5.80. The van der Waals surface area contributed by atoms with E-state index in [1.165, 1.54) is 6.07 Å². The smallest absolute Gasteiger partial charge is 0.398 e. The van der Waals surface area contributed by atoms with Gasteiger partial charge in [0.25, 0.3) is 5.91 Å². The van der Waals surface area contributed by atoms with E-state index in [1.54, 1.807) is 25.1 Å². The lowest BCUT2D eigenvalue weighted by molar-refractivity contribution is -0.136. The number of nitrogens with one attached hydrogen (secondary N) is 2. The zero-order valence-electron chi connectivity index (χ0n) is 13.8. The Labute approximate surface area is 149 Å². The van der Waals surface area contributed by atoms with Crippen molar-refractivity contribution in [2.24, 2.45) is 0 Å². The quantitative estimate of drug-likeness (QED) is 0.468. The summed E-state index contributed by atoms with van der Waals surface area (Å²) < 4.78 is 39.7. The van der Waals surface area contributed by atoms with Crippen LogP contribution in [0.3, 0.4) is 0 Å². The molecule has 0 atom stereocenters. The molecule has 0 aliphatic rings. The number of alkyl halides is 3. The molecule has 140 valence electrons. The first-order valence-corrected chi connectivity index (χ1v) is 7.62. The van der Waals surface area contributed by atoms with E-state index in [0.29, 0.717) is 16.3 Å². The van der Waals surface area contributed by atoms with Gasteiger partial charge in [-0.3, -0.25) is 19.8 Å². The minimum atomic E-state index is -4.75. The highest BCUT2D eigenvalue weighted by atomic mass is 19.4. The molecule has 0 radical (unpaired) electrons. The minimum Gasteiger partial charge on any atom is -0.398 e. The zero-order chi connectivity index (χ0) is 19.9. The molecule has 3 rings (SSSR count). The molecule has 0 saturated carbocycles. The van der Waals surface area contributed by atoms with Gasteiger partial charge in [0, 0.05) is 11.3 Å². The van der Waals surface area contributed by atoms with Crippen LogP contribution in [0.25, 0.3) is 11.0 Å². The van der Waals surface area contributed by atoms with Crippen LogP contribution < -0.4 is 22.3 Å². The van der Waals surface area contributed by atoms with Crippen molar-refractivity contribution in [2.75, 3.05) is 11.2 Å². The number of anilines is 1. The predicted molar refractivity (Wildman–Crippen MR) is 93.1 cm³/mol. The third-order valence-corrected chi connectivity index (χ3v) is 3.96. The van der Waals surface area contributed by atoms with Gasteiger partial charge in [0.2, 0.25) is 0 Å². The lowest BCUT2D eigenvalue weighted by Crippen LogP contribution is -2.42. The summed E-state index contributed by atoms with van der Waals surface area (Å²) in [5.74, 6) is -0.708. The molecule has 1 amide bonds. The van der Waals surface area contributed by atoms with Gasteiger partial charge < -0.3 is 10.7 Å². The van der Waals surface area contributed by atoms with Crippen LogP contribution in [0.5, 0.6) is 0 Å². The van der Waals surface area contributed by atoms with Gasteiger partial charge in [0.05, 0.1) is 16.6 Å². The number of carbonyl (C=O) groups is 1. The van der Waals surface area contributed by atoms with Crippen molar-refractivity contribution in [1.29, 1.82) is 0 Å². The van der Waals surface area contributed by atoms with Gasteiger partial charge in [0.15, 0.2) is 0 Å². The second kappa shape index (κ2) is 6.31. The molecule has 0 bridgehead atoms. The average Bonchev–Trinajstić information content (AvgIpc) is 2.58. The number of aromatic nitrogens is 2. The molecular formula is C17H13F3N4O3. The van der Waals surface area contributed by atoms with Gasteiger partial charge in [-0.2, -0.15) is 13.2 Å². The highest BCUT2D eigenvalue weighted by Crippen LogP contribution is 2.35. The number of hydrogen-bond donors (Lipinski definition) is 3. The molecule has 0 saturated heterocycles. The molecule has 3 aromatic rings. The van der Waals surface area contributed by atoms with Crippen LogP contribution in [0.1, 0.15) is 21.5 Å². The number of amides is 1. The largest absolute Gasteiger partial charge is 0.418 e. The minimum absolute atomic E-state index is 0.174. The topological polar surface area (TPSA) is 110 Å². The Morgan fingerprint density at radius 1 is 1.19 bits per heavy atom. The predicted octanol–water partition coefficient (Wildman–Crippen LogP) is 1.98. The van der Waals surface area contributed by atoms with Crippen LogP contribution in [-0.4, -0.2) is 15.6 Å². The van der Waals surface area contributed by atoms with Crippen LogP contribution in [-0.2, 0) is 6.18 Å². The summed E-state index contributed by atoms with van der Waals surface area (Å²) in [6.45, 7) is 1.67. The van der Waals surface area contributed by atoms with Crippen molar-refractivity contribution < 1.29 is 18.0 Å². The fourth-order valence-corrected chi connectivity index (χ4v) is 2.62. The van der Waals surface area contributed by atoms with E-state index in [1.807, 2.05) is 0 Å². The Morgan fingerprint density at radius 3 is 2.48 bits per heavy atom. The molecule has 2 aromatic carbocycles. The summed E-state index contributed by atoms with van der Waals surface area (Å²) >= 11 is 0. The second-order valence-corrected chi connectivity index (χ2v) is 5.80. The van der Waals surface area contributed by atoms with E-state index in [4.69, 9.17) is 5.73 Å². The molecule has 0 spiro atoms. The van der Waals surface area contributed by atoms with Crippen molar-refractivity contribution in [3.63, 3.8) is 0 Å². The van der Waals surface area contributed by atoms with Gasteiger partial charge in [-0.15, -0.1) is 0 Å². The molecule has 1 heterocycles. The van der Waals surface area contributed by atoms with Crippen molar-refractivity contribution in [1.82, 2.24) is 9.66 Å². The van der Waals surface area contributed by atoms with Gasteiger partial charge in [-0.25, -0.2) is 4.68 Å². The maximum Gasteiger partial charge on any atom is 0.418 e. The lowest BCUT2D eigenvalue weighted by atomic mass is 10.1. The molecule has 7 nitrogen and oxygen atoms in total. The fourth-order valence-electron chi connectivity index (χ4n) is 2.62. The first-order chi connectivity index (χ1) is 12.6. The van der Waals surface area contributed by atoms with Crippen LogP contribution in [0.15, 0.2) is 46.0 Å². The third-order valence-electron chi connectivity index (χ3n) is 3.96. The summed E-state index contributed by atoms with van der Waals surface area (Å²) in [6, 6.07) is 7.96. The fraction of sp³-hybridized carbons (Fsp3) is 0.118. The number of halogens is 3. The van der Waals surface area contributed by atoms with Crippen molar-refractivity contribution in [2.45, 2.75) is 13.1 Å². The SMILES string of the molecule is Cc1ccccc1C(=O)Nn1c(=O)c(=O)[nH]c2cc(C(F)(F)F)c(N)cc21. The lowest BCUT2D eigenvalue weighted by Gasteiger charge is -2.15. The van der Waals surface area contributed by atoms with E-state index in [9.17, 15) is 27.6 Å². The summed E-state index contributed by atoms with van der Waals surface area (Å²) in [5, 5.41) is 0. The summed E-state index contributed by atoms with van der Waals surface area (Å²) in [7, 11) is 0. The number of carbonyl (C=O) groups excluding carboxylic acids is 1. The molecule has 0 unspecified atom stereocenters. The van der Waals surface area contributed by atoms with Gasteiger partial charge in [-0.1, -0.05) is 18.2 Å². The first kappa shape index (κ1) is 18.2. The van der Waals surface area contributed by atoms with Crippen LogP contribution in [0, 0.1) is 6.92 Å². The Hall–Kier alpha value is -3.56. The van der Waals surface area contributed by atoms with E-state index < -0.39 is 34.5 Å². The zero-order valence-corrected chi connectivity index (χ0v) is 13.8. The van der Waals surface area contributed by atoms with Crippen molar-refractivity contribution in [3.8, 4) is 0 Å². The number of nitrogen functional groups attached to an aromatic ring is 1. The highest BCUT2D eigenvalue weighted by molar-refractivity contribution is 6.01. The van der Waals surface area contributed by atoms with Gasteiger partial charge in [-0.05, 0) is 30.7 Å². The Balaban J connectivity index is 2.21. The summed E-state index contributed by atoms with van der Waals surface area (Å²) in [5.41, 5.74) is 3.90. The van der Waals surface area contributed by atoms with Gasteiger partial charge >= 0.3 is 17.3 Å². The average molecular weight is 378 g/mol. The van der Waals surface area contributed by atoms with E-state index >= 15 is 0 Å². The number of rotatable bonds is 2. The molecule has 1 aromatic heterocycles. The normalized spacial score (nSPS) is 11.6. The van der Waals surface area contributed by atoms with Crippen molar-refractivity contribution in [3.05, 3.63) is 73.8 Å². The van der Waals surface area contributed by atoms with E-state index in [-0.39, 0.29) is 16.6 Å². The number of nitrogens with two attached hydrogens (primary N) is 1. The first-order valence-electron chi connectivity index (χ1n) is 7.62. The van der Waals surface area contributed by atoms with Crippen LogP contribution in [0.2, 0.25) is 0 Å². The Bertz CT molecular complexity index is 1180. The van der Waals surface area contributed by atoms with E-state index in [0.717, 1.165) is 6.07 Å². The van der Waals surface area contributed by atoms with Crippen LogP contribution in [0.4, 0.5) is 18.9 Å². The molecule has 0 aliphatic heterocycles. The third kappa shape index (κ3) is 3.28. The number of fused-ring (bicyclic) bond motifs is 1. The van der Waals surface area contributed by atoms with Crippen molar-refractivity contribution >= 4 is 22.6 Å². The maximum absolute atomic E-state index is 13.0. The highest BCUT2D eigenvalue weighted by Gasteiger charge is 2.33. The molecular weight excluding hydrogens is 365 g/mol. The monoisotopic (exact) mass is 378 g/mol. The Morgan fingerprint density at radius 2 is 1.85 bits per heavy atom. The maximum atomic E-state index is 13.0. The number of nitrogens with zero attached hydrogens (tertiary/aromatic N) is 1. The van der Waals surface area contributed by atoms with Gasteiger partial charge in [0.1, 0.15) is 0 Å².